The van der Waals surface area contributed by atoms with Gasteiger partial charge in [0, 0.05) is 17.5 Å². The van der Waals surface area contributed by atoms with Crippen LogP contribution in [0.1, 0.15) is 35.1 Å². The molecule has 0 spiro atoms. The van der Waals surface area contributed by atoms with E-state index in [1.165, 1.54) is 11.1 Å². The molecule has 4 rings (SSSR count). The molecule has 1 saturated heterocycles. The zero-order valence-corrected chi connectivity index (χ0v) is 14.6. The number of ether oxygens (including phenoxy) is 1. The summed E-state index contributed by atoms with van der Waals surface area (Å²) in [6, 6.07) is 16.7. The van der Waals surface area contributed by atoms with Gasteiger partial charge in [0.2, 0.25) is 0 Å². The third kappa shape index (κ3) is 2.83. The highest BCUT2D eigenvalue weighted by molar-refractivity contribution is 8.93. The summed E-state index contributed by atoms with van der Waals surface area (Å²) in [5, 5.41) is 4.21. The Morgan fingerprint density at radius 2 is 1.86 bits per heavy atom. The first-order chi connectivity index (χ1) is 10.3. The molecule has 0 amide bonds. The molecule has 3 atom stereocenters. The van der Waals surface area contributed by atoms with Crippen molar-refractivity contribution in [2.45, 2.75) is 24.5 Å². The van der Waals surface area contributed by atoms with Crippen molar-refractivity contribution < 1.29 is 4.74 Å². The lowest BCUT2D eigenvalue weighted by molar-refractivity contribution is -0.0312. The van der Waals surface area contributed by atoms with Crippen molar-refractivity contribution >= 4 is 28.6 Å². The van der Waals surface area contributed by atoms with Gasteiger partial charge < -0.3 is 10.1 Å². The standard InChI is InChI=1S/C18H18ClNO.BrH/c19-13-5-3-4-12(10-13)18-16-7-2-1-6-14(16)15-8-9-20-11-17(15)21-18;/h1-7,10,15,17-18,20H,8-9,11H2;1H/t15-,17-,18?;/m0./s1. The lowest BCUT2D eigenvalue weighted by Gasteiger charge is -2.41. The van der Waals surface area contributed by atoms with Crippen LogP contribution in [-0.4, -0.2) is 19.2 Å². The molecule has 0 radical (unpaired) electrons. The number of halogens is 2. The molecular weight excluding hydrogens is 362 g/mol. The lowest BCUT2D eigenvalue weighted by atomic mass is 9.80. The van der Waals surface area contributed by atoms with E-state index < -0.39 is 0 Å². The van der Waals surface area contributed by atoms with Gasteiger partial charge in [-0.05, 0) is 41.8 Å². The average Bonchev–Trinajstić information content (AvgIpc) is 2.54. The van der Waals surface area contributed by atoms with E-state index >= 15 is 0 Å². The zero-order chi connectivity index (χ0) is 14.2. The summed E-state index contributed by atoms with van der Waals surface area (Å²) in [4.78, 5) is 0. The Kier molecular flexibility index (Phi) is 4.88. The number of fused-ring (bicyclic) bond motifs is 3. The predicted molar refractivity (Wildman–Crippen MR) is 95.2 cm³/mol. The van der Waals surface area contributed by atoms with E-state index in [1.54, 1.807) is 0 Å². The van der Waals surface area contributed by atoms with Gasteiger partial charge in [0.15, 0.2) is 0 Å². The Bertz CT molecular complexity index is 663. The average molecular weight is 381 g/mol. The van der Waals surface area contributed by atoms with Gasteiger partial charge >= 0.3 is 0 Å². The fourth-order valence-corrected chi connectivity index (χ4v) is 3.79. The fraction of sp³-hybridized carbons (Fsp3) is 0.333. The molecule has 1 fully saturated rings. The van der Waals surface area contributed by atoms with Gasteiger partial charge in [0.25, 0.3) is 0 Å². The largest absolute Gasteiger partial charge is 0.364 e. The van der Waals surface area contributed by atoms with Gasteiger partial charge in [-0.2, -0.15) is 0 Å². The highest BCUT2D eigenvalue weighted by Crippen LogP contribution is 2.43. The molecule has 1 N–H and O–H groups in total. The first-order valence-electron chi connectivity index (χ1n) is 7.53. The summed E-state index contributed by atoms with van der Waals surface area (Å²) in [5.74, 6) is 0.512. The van der Waals surface area contributed by atoms with Crippen LogP contribution in [0.5, 0.6) is 0 Å². The number of piperidine rings is 1. The summed E-state index contributed by atoms with van der Waals surface area (Å²) in [5.41, 5.74) is 3.88. The minimum atomic E-state index is -0.0129. The molecule has 2 aliphatic rings. The van der Waals surface area contributed by atoms with Gasteiger partial charge in [0.1, 0.15) is 6.10 Å². The van der Waals surface area contributed by atoms with E-state index in [0.717, 1.165) is 30.1 Å². The van der Waals surface area contributed by atoms with Crippen molar-refractivity contribution in [3.8, 4) is 0 Å². The summed E-state index contributed by atoms with van der Waals surface area (Å²) in [6.45, 7) is 2.00. The smallest absolute Gasteiger partial charge is 0.108 e. The number of rotatable bonds is 1. The van der Waals surface area contributed by atoms with Crippen LogP contribution in [0, 0.1) is 0 Å². The molecule has 0 aromatic heterocycles. The number of hydrogen-bond donors (Lipinski definition) is 1. The molecule has 22 heavy (non-hydrogen) atoms. The van der Waals surface area contributed by atoms with Gasteiger partial charge in [-0.15, -0.1) is 17.0 Å². The summed E-state index contributed by atoms with van der Waals surface area (Å²) in [7, 11) is 0. The second kappa shape index (κ2) is 6.71. The topological polar surface area (TPSA) is 21.3 Å². The fourth-order valence-electron chi connectivity index (χ4n) is 3.59. The van der Waals surface area contributed by atoms with Crippen molar-refractivity contribution in [3.05, 3.63) is 70.2 Å². The van der Waals surface area contributed by atoms with Crippen molar-refractivity contribution in [3.63, 3.8) is 0 Å². The van der Waals surface area contributed by atoms with Gasteiger partial charge in [-0.25, -0.2) is 0 Å². The van der Waals surface area contributed by atoms with Crippen LogP contribution in [0.2, 0.25) is 5.02 Å². The molecule has 1 unspecified atom stereocenters. The Morgan fingerprint density at radius 3 is 2.68 bits per heavy atom. The molecule has 2 nitrogen and oxygen atoms in total. The molecule has 2 aliphatic heterocycles. The molecule has 2 aromatic rings. The normalized spacial score (nSPS) is 26.5. The maximum Gasteiger partial charge on any atom is 0.108 e. The number of hydrogen-bond acceptors (Lipinski definition) is 2. The van der Waals surface area contributed by atoms with E-state index in [2.05, 4.69) is 35.6 Å². The highest BCUT2D eigenvalue weighted by Gasteiger charge is 2.37. The Balaban J connectivity index is 0.00000144. The minimum Gasteiger partial charge on any atom is -0.364 e. The van der Waals surface area contributed by atoms with Crippen molar-refractivity contribution in [2.75, 3.05) is 13.1 Å². The Labute approximate surface area is 146 Å². The van der Waals surface area contributed by atoms with Crippen LogP contribution in [0.3, 0.4) is 0 Å². The Hall–Kier alpha value is -0.870. The van der Waals surface area contributed by atoms with E-state index in [9.17, 15) is 0 Å². The maximum absolute atomic E-state index is 6.44. The monoisotopic (exact) mass is 379 g/mol. The molecule has 4 heteroatoms. The number of nitrogens with one attached hydrogen (secondary N) is 1. The number of benzene rings is 2. The van der Waals surface area contributed by atoms with E-state index in [4.69, 9.17) is 16.3 Å². The van der Waals surface area contributed by atoms with Crippen molar-refractivity contribution in [1.29, 1.82) is 0 Å². The van der Waals surface area contributed by atoms with Gasteiger partial charge in [-0.3, -0.25) is 0 Å². The molecule has 116 valence electrons. The van der Waals surface area contributed by atoms with Crippen LogP contribution in [0.4, 0.5) is 0 Å². The van der Waals surface area contributed by atoms with Crippen LogP contribution >= 0.6 is 28.6 Å². The second-order valence-corrected chi connectivity index (χ2v) is 6.27. The zero-order valence-electron chi connectivity index (χ0n) is 12.2. The molecule has 2 aromatic carbocycles. The van der Waals surface area contributed by atoms with Gasteiger partial charge in [-0.1, -0.05) is 48.0 Å². The third-order valence-electron chi connectivity index (χ3n) is 4.57. The minimum absolute atomic E-state index is 0. The summed E-state index contributed by atoms with van der Waals surface area (Å²) < 4.78 is 6.44. The van der Waals surface area contributed by atoms with E-state index in [-0.39, 0.29) is 29.2 Å². The maximum atomic E-state index is 6.44. The van der Waals surface area contributed by atoms with Crippen LogP contribution in [0.15, 0.2) is 48.5 Å². The quantitative estimate of drug-likeness (QED) is 0.787. The predicted octanol–water partition coefficient (Wildman–Crippen LogP) is 4.48. The Morgan fingerprint density at radius 1 is 1.05 bits per heavy atom. The third-order valence-corrected chi connectivity index (χ3v) is 4.80. The molecule has 0 saturated carbocycles. The molecular formula is C18H19BrClNO. The van der Waals surface area contributed by atoms with Crippen LogP contribution in [0.25, 0.3) is 0 Å². The van der Waals surface area contributed by atoms with Crippen molar-refractivity contribution in [1.82, 2.24) is 5.32 Å². The SMILES string of the molecule is Br.Clc1cccc(C2O[C@H]3CNCC[C@H]3c3ccccc32)c1. The second-order valence-electron chi connectivity index (χ2n) is 5.84. The lowest BCUT2D eigenvalue weighted by Crippen LogP contribution is -2.44. The molecule has 0 bridgehead atoms. The van der Waals surface area contributed by atoms with E-state index in [0.29, 0.717) is 5.92 Å². The van der Waals surface area contributed by atoms with Crippen molar-refractivity contribution in [2.24, 2.45) is 0 Å². The van der Waals surface area contributed by atoms with E-state index in [1.807, 2.05) is 18.2 Å². The summed E-state index contributed by atoms with van der Waals surface area (Å²) in [6.07, 6.45) is 1.38. The van der Waals surface area contributed by atoms with Crippen LogP contribution < -0.4 is 5.32 Å². The highest BCUT2D eigenvalue weighted by atomic mass is 79.9. The summed E-state index contributed by atoms with van der Waals surface area (Å²) >= 11 is 6.16. The molecule has 2 heterocycles. The molecule has 0 aliphatic carbocycles. The van der Waals surface area contributed by atoms with Crippen LogP contribution in [-0.2, 0) is 4.74 Å². The van der Waals surface area contributed by atoms with Gasteiger partial charge in [0.05, 0.1) is 6.10 Å². The first-order valence-corrected chi connectivity index (χ1v) is 7.91. The first kappa shape index (κ1) is 16.0.